The Morgan fingerprint density at radius 1 is 1.40 bits per heavy atom. The van der Waals surface area contributed by atoms with E-state index in [1.165, 1.54) is 0 Å². The molecule has 2 aliphatic rings. The summed E-state index contributed by atoms with van der Waals surface area (Å²) in [6.45, 7) is 1.80. The molecule has 0 bridgehead atoms. The van der Waals surface area contributed by atoms with Crippen LogP contribution in [0.25, 0.3) is 0 Å². The number of hydrogen-bond acceptors (Lipinski definition) is 3. The average Bonchev–Trinajstić information content (AvgIpc) is 2.53. The van der Waals surface area contributed by atoms with Crippen molar-refractivity contribution >= 4 is 5.91 Å². The van der Waals surface area contributed by atoms with Gasteiger partial charge in [0.1, 0.15) is 12.4 Å². The Kier molecular flexibility index (Phi) is 3.60. The number of carbonyl (C=O) groups excluding carboxylic acids is 1. The monoisotopic (exact) mass is 270 g/mol. The van der Waals surface area contributed by atoms with E-state index >= 15 is 0 Å². The Hall–Kier alpha value is -2.02. The summed E-state index contributed by atoms with van der Waals surface area (Å²) in [5, 5.41) is 9.02. The summed E-state index contributed by atoms with van der Waals surface area (Å²) in [6, 6.07) is 10.2. The van der Waals surface area contributed by atoms with Gasteiger partial charge in [0, 0.05) is 13.1 Å². The number of hydrogen-bond donors (Lipinski definition) is 0. The Bertz CT molecular complexity index is 550. The summed E-state index contributed by atoms with van der Waals surface area (Å²) in [6.07, 6.45) is 2.57. The van der Waals surface area contributed by atoms with Crippen LogP contribution < -0.4 is 4.74 Å². The number of amides is 1. The lowest BCUT2D eigenvalue weighted by atomic mass is 9.93. The summed E-state index contributed by atoms with van der Waals surface area (Å²) in [4.78, 5) is 14.4. The van der Waals surface area contributed by atoms with Crippen LogP contribution in [0.5, 0.6) is 5.75 Å². The second-order valence-electron chi connectivity index (χ2n) is 5.57. The first kappa shape index (κ1) is 13.0. The molecule has 2 atom stereocenters. The molecular weight excluding hydrogens is 252 g/mol. The smallest absolute Gasteiger partial charge is 0.229 e. The third-order valence-corrected chi connectivity index (χ3v) is 4.14. The van der Waals surface area contributed by atoms with Gasteiger partial charge in [0.05, 0.1) is 17.9 Å². The first-order chi connectivity index (χ1) is 9.78. The molecule has 1 aromatic carbocycles. The second-order valence-corrected chi connectivity index (χ2v) is 5.57. The van der Waals surface area contributed by atoms with E-state index in [4.69, 9.17) is 10.00 Å². The van der Waals surface area contributed by atoms with Gasteiger partial charge >= 0.3 is 0 Å². The molecule has 2 aliphatic heterocycles. The van der Waals surface area contributed by atoms with E-state index in [-0.39, 0.29) is 17.7 Å². The topological polar surface area (TPSA) is 53.3 Å². The lowest BCUT2D eigenvalue weighted by molar-refractivity contribution is -0.138. The van der Waals surface area contributed by atoms with E-state index in [0.29, 0.717) is 13.2 Å². The van der Waals surface area contributed by atoms with E-state index in [1.807, 2.05) is 29.2 Å². The summed E-state index contributed by atoms with van der Waals surface area (Å²) >= 11 is 0. The fraction of sp³-hybridized carbons (Fsp3) is 0.500. The number of nitrogens with zero attached hydrogens (tertiary/aromatic N) is 2. The van der Waals surface area contributed by atoms with E-state index in [2.05, 4.69) is 6.07 Å². The summed E-state index contributed by atoms with van der Waals surface area (Å²) in [5.41, 5.74) is 1.10. The summed E-state index contributed by atoms with van der Waals surface area (Å²) in [7, 11) is 0. The lowest BCUT2D eigenvalue weighted by Crippen LogP contribution is -2.45. The molecule has 0 aliphatic carbocycles. The number of para-hydroxylation sites is 1. The number of fused-ring (bicyclic) bond motifs is 1. The highest BCUT2D eigenvalue weighted by atomic mass is 16.5. The number of rotatable bonds is 1. The maximum atomic E-state index is 12.6. The van der Waals surface area contributed by atoms with E-state index < -0.39 is 0 Å². The van der Waals surface area contributed by atoms with Gasteiger partial charge in [-0.15, -0.1) is 0 Å². The van der Waals surface area contributed by atoms with Crippen LogP contribution in [-0.4, -0.2) is 30.5 Å². The Labute approximate surface area is 118 Å². The maximum Gasteiger partial charge on any atom is 0.229 e. The molecular formula is C16H18N2O2. The van der Waals surface area contributed by atoms with Crippen LogP contribution in [0, 0.1) is 23.2 Å². The zero-order valence-corrected chi connectivity index (χ0v) is 11.4. The minimum absolute atomic E-state index is 0.00973. The molecule has 1 amide bonds. The highest BCUT2D eigenvalue weighted by molar-refractivity contribution is 5.80. The second kappa shape index (κ2) is 5.54. The van der Waals surface area contributed by atoms with Crippen molar-refractivity contribution < 1.29 is 9.53 Å². The van der Waals surface area contributed by atoms with E-state index in [0.717, 1.165) is 37.1 Å². The molecule has 0 radical (unpaired) electrons. The van der Waals surface area contributed by atoms with Crippen LogP contribution in [0.4, 0.5) is 0 Å². The number of piperidine rings is 1. The molecule has 0 spiro atoms. The van der Waals surface area contributed by atoms with Crippen molar-refractivity contribution in [2.45, 2.75) is 19.3 Å². The van der Waals surface area contributed by atoms with Gasteiger partial charge in [-0.2, -0.15) is 5.26 Å². The van der Waals surface area contributed by atoms with E-state index in [1.54, 1.807) is 0 Å². The van der Waals surface area contributed by atoms with Crippen molar-refractivity contribution in [1.82, 2.24) is 4.90 Å². The Morgan fingerprint density at radius 2 is 2.25 bits per heavy atom. The standard InChI is InChI=1S/C16H18N2O2/c17-9-12-4-3-7-18(10-12)16(19)14-8-13-5-1-2-6-15(13)20-11-14/h1-2,5-6,12,14H,3-4,7-8,10-11H2. The first-order valence-electron chi connectivity index (χ1n) is 7.17. The van der Waals surface area contributed by atoms with E-state index in [9.17, 15) is 4.79 Å². The predicted molar refractivity (Wildman–Crippen MR) is 74.0 cm³/mol. The fourth-order valence-electron chi connectivity index (χ4n) is 3.03. The van der Waals surface area contributed by atoms with Gasteiger partial charge in [0.25, 0.3) is 0 Å². The molecule has 0 aromatic heterocycles. The van der Waals surface area contributed by atoms with Gasteiger partial charge in [-0.25, -0.2) is 0 Å². The molecule has 20 heavy (non-hydrogen) atoms. The van der Waals surface area contributed by atoms with Crippen molar-refractivity contribution in [3.63, 3.8) is 0 Å². The molecule has 1 aromatic rings. The number of benzene rings is 1. The molecule has 3 rings (SSSR count). The molecule has 1 fully saturated rings. The van der Waals surface area contributed by atoms with Crippen molar-refractivity contribution in [3.05, 3.63) is 29.8 Å². The molecule has 2 heterocycles. The van der Waals surface area contributed by atoms with Crippen molar-refractivity contribution in [1.29, 1.82) is 5.26 Å². The highest BCUT2D eigenvalue weighted by Crippen LogP contribution is 2.28. The van der Waals surface area contributed by atoms with Crippen LogP contribution in [0.1, 0.15) is 18.4 Å². The summed E-state index contributed by atoms with van der Waals surface area (Å²) < 4.78 is 5.69. The van der Waals surface area contributed by atoms with Crippen molar-refractivity contribution in [2.24, 2.45) is 11.8 Å². The zero-order chi connectivity index (χ0) is 13.9. The number of carbonyl (C=O) groups is 1. The maximum absolute atomic E-state index is 12.6. The molecule has 104 valence electrons. The Balaban J connectivity index is 1.68. The zero-order valence-electron chi connectivity index (χ0n) is 11.4. The van der Waals surface area contributed by atoms with Gasteiger partial charge < -0.3 is 9.64 Å². The Morgan fingerprint density at radius 3 is 3.10 bits per heavy atom. The van der Waals surface area contributed by atoms with Crippen molar-refractivity contribution in [3.8, 4) is 11.8 Å². The summed E-state index contributed by atoms with van der Waals surface area (Å²) in [5.74, 6) is 0.913. The van der Waals surface area contributed by atoms with Crippen LogP contribution in [0.3, 0.4) is 0 Å². The van der Waals surface area contributed by atoms with Gasteiger partial charge in [0.2, 0.25) is 5.91 Å². The normalized spacial score (nSPS) is 25.2. The lowest BCUT2D eigenvalue weighted by Gasteiger charge is -2.34. The minimum atomic E-state index is -0.109. The fourth-order valence-corrected chi connectivity index (χ4v) is 3.03. The SMILES string of the molecule is N#CC1CCCN(C(=O)C2COc3ccccc3C2)C1. The number of ether oxygens (including phenoxy) is 1. The number of nitriles is 1. The molecule has 0 N–H and O–H groups in total. The predicted octanol–water partition coefficient (Wildman–Crippen LogP) is 2.00. The minimum Gasteiger partial charge on any atom is -0.492 e. The van der Waals surface area contributed by atoms with Crippen molar-refractivity contribution in [2.75, 3.05) is 19.7 Å². The van der Waals surface area contributed by atoms with Crippen LogP contribution in [-0.2, 0) is 11.2 Å². The molecule has 0 saturated carbocycles. The third kappa shape index (κ3) is 2.49. The molecule has 4 heteroatoms. The van der Waals surface area contributed by atoms with Gasteiger partial charge in [-0.1, -0.05) is 18.2 Å². The first-order valence-corrected chi connectivity index (χ1v) is 7.17. The van der Waals surface area contributed by atoms with Gasteiger partial charge in [0.15, 0.2) is 0 Å². The highest BCUT2D eigenvalue weighted by Gasteiger charge is 2.32. The average molecular weight is 270 g/mol. The van der Waals surface area contributed by atoms with Gasteiger partial charge in [-0.3, -0.25) is 4.79 Å². The van der Waals surface area contributed by atoms with Crippen LogP contribution in [0.2, 0.25) is 0 Å². The number of likely N-dealkylation sites (tertiary alicyclic amines) is 1. The largest absolute Gasteiger partial charge is 0.492 e. The molecule has 4 nitrogen and oxygen atoms in total. The van der Waals surface area contributed by atoms with Crippen LogP contribution in [0.15, 0.2) is 24.3 Å². The van der Waals surface area contributed by atoms with Gasteiger partial charge in [-0.05, 0) is 30.9 Å². The molecule has 1 saturated heterocycles. The van der Waals surface area contributed by atoms with Crippen LogP contribution >= 0.6 is 0 Å². The quantitative estimate of drug-likeness (QED) is 0.784. The molecule has 2 unspecified atom stereocenters. The third-order valence-electron chi connectivity index (χ3n) is 4.14.